The molecule has 1 aliphatic rings. The Bertz CT molecular complexity index is 392. The third-order valence-corrected chi connectivity index (χ3v) is 4.32. The van der Waals surface area contributed by atoms with Crippen LogP contribution in [0, 0.1) is 0 Å². The first-order valence-corrected chi connectivity index (χ1v) is 9.26. The summed E-state index contributed by atoms with van der Waals surface area (Å²) < 4.78 is 5.32. The minimum Gasteiger partial charge on any atom is -0.511 e. The van der Waals surface area contributed by atoms with Crippen molar-refractivity contribution >= 4 is 11.8 Å². The number of hydrogen-bond acceptors (Lipinski definition) is 4. The zero-order valence-corrected chi connectivity index (χ0v) is 14.7. The van der Waals surface area contributed by atoms with Gasteiger partial charge in [0.05, 0.1) is 0 Å². The number of allylic oxidation sites excluding steroid dienone is 1. The maximum Gasteiger partial charge on any atom is 0.345 e. The monoisotopic (exact) mass is 324 g/mol. The standard InChI is InChI=1S/C19H32O4/c1-3-5-6-7-8-9-10-11-13-15-14-17(21)18(19(22)23-15)16(20)12-4-2/h15,20H,3-14H2,1-2H3/b18-16+/t15-/m0/s1. The summed E-state index contributed by atoms with van der Waals surface area (Å²) in [6, 6.07) is 0. The predicted octanol–water partition coefficient (Wildman–Crippen LogP) is 5.01. The number of carbonyl (C=O) groups excluding carboxylic acids is 2. The summed E-state index contributed by atoms with van der Waals surface area (Å²) in [6.45, 7) is 4.11. The molecule has 0 radical (unpaired) electrons. The van der Waals surface area contributed by atoms with Gasteiger partial charge in [-0.3, -0.25) is 4.79 Å². The number of esters is 1. The summed E-state index contributed by atoms with van der Waals surface area (Å²) in [5, 5.41) is 9.79. The molecule has 1 aliphatic heterocycles. The molecule has 1 rings (SSSR count). The van der Waals surface area contributed by atoms with Gasteiger partial charge in [0.25, 0.3) is 0 Å². The average Bonchev–Trinajstić information content (AvgIpc) is 2.49. The van der Waals surface area contributed by atoms with Crippen molar-refractivity contribution < 1.29 is 19.4 Å². The first kappa shape index (κ1) is 19.7. The first-order chi connectivity index (χ1) is 11.1. The zero-order chi connectivity index (χ0) is 17.1. The van der Waals surface area contributed by atoms with Crippen LogP contribution in [0.15, 0.2) is 11.3 Å². The lowest BCUT2D eigenvalue weighted by molar-refractivity contribution is -0.151. The second-order valence-electron chi connectivity index (χ2n) is 6.49. The van der Waals surface area contributed by atoms with Gasteiger partial charge in [-0.05, 0) is 19.3 Å². The van der Waals surface area contributed by atoms with E-state index in [1.807, 2.05) is 6.92 Å². The van der Waals surface area contributed by atoms with Crippen molar-refractivity contribution in [1.82, 2.24) is 0 Å². The van der Waals surface area contributed by atoms with E-state index in [-0.39, 0.29) is 29.6 Å². The number of rotatable bonds is 11. The number of ketones is 1. The van der Waals surface area contributed by atoms with Crippen molar-refractivity contribution in [2.45, 2.75) is 97.0 Å². The highest BCUT2D eigenvalue weighted by Crippen LogP contribution is 2.24. The molecule has 0 aliphatic carbocycles. The molecule has 1 atom stereocenters. The van der Waals surface area contributed by atoms with Crippen LogP contribution in [-0.2, 0) is 14.3 Å². The van der Waals surface area contributed by atoms with E-state index in [1.54, 1.807) is 0 Å². The second-order valence-corrected chi connectivity index (χ2v) is 6.49. The molecule has 0 aromatic carbocycles. The van der Waals surface area contributed by atoms with Crippen LogP contribution in [0.25, 0.3) is 0 Å². The Balaban J connectivity index is 2.25. The number of aliphatic hydroxyl groups excluding tert-OH is 1. The molecule has 0 bridgehead atoms. The first-order valence-electron chi connectivity index (χ1n) is 9.26. The average molecular weight is 324 g/mol. The van der Waals surface area contributed by atoms with E-state index >= 15 is 0 Å². The van der Waals surface area contributed by atoms with Gasteiger partial charge in [-0.25, -0.2) is 4.79 Å². The highest BCUT2D eigenvalue weighted by molar-refractivity contribution is 6.19. The highest BCUT2D eigenvalue weighted by Gasteiger charge is 2.34. The van der Waals surface area contributed by atoms with Crippen molar-refractivity contribution in [3.63, 3.8) is 0 Å². The summed E-state index contributed by atoms with van der Waals surface area (Å²) in [5.41, 5.74) is -0.126. The Morgan fingerprint density at radius 2 is 1.61 bits per heavy atom. The Morgan fingerprint density at radius 3 is 2.17 bits per heavy atom. The largest absolute Gasteiger partial charge is 0.511 e. The van der Waals surface area contributed by atoms with Gasteiger partial charge in [-0.1, -0.05) is 58.8 Å². The molecular weight excluding hydrogens is 292 g/mol. The van der Waals surface area contributed by atoms with Gasteiger partial charge in [-0.15, -0.1) is 0 Å². The van der Waals surface area contributed by atoms with Crippen LogP contribution in [0.5, 0.6) is 0 Å². The molecule has 0 spiro atoms. The number of carbonyl (C=O) groups is 2. The maximum absolute atomic E-state index is 12.0. The molecule has 0 amide bonds. The second kappa shape index (κ2) is 11.3. The molecule has 132 valence electrons. The molecule has 4 nitrogen and oxygen atoms in total. The predicted molar refractivity (Wildman–Crippen MR) is 91.3 cm³/mol. The normalized spacial score (nSPS) is 20.5. The summed E-state index contributed by atoms with van der Waals surface area (Å²) in [4.78, 5) is 24.0. The molecule has 1 heterocycles. The maximum atomic E-state index is 12.0. The van der Waals surface area contributed by atoms with Crippen molar-refractivity contribution in [1.29, 1.82) is 0 Å². The van der Waals surface area contributed by atoms with Crippen LogP contribution >= 0.6 is 0 Å². The Hall–Kier alpha value is -1.32. The third-order valence-electron chi connectivity index (χ3n) is 4.32. The molecule has 1 saturated heterocycles. The van der Waals surface area contributed by atoms with Crippen molar-refractivity contribution in [3.05, 3.63) is 11.3 Å². The van der Waals surface area contributed by atoms with E-state index in [4.69, 9.17) is 4.74 Å². The molecule has 0 saturated carbocycles. The van der Waals surface area contributed by atoms with E-state index in [1.165, 1.54) is 38.5 Å². The zero-order valence-electron chi connectivity index (χ0n) is 14.7. The summed E-state index contributed by atoms with van der Waals surface area (Å²) in [6.07, 6.45) is 11.5. The van der Waals surface area contributed by atoms with Crippen LogP contribution < -0.4 is 0 Å². The SMILES string of the molecule is CCCCCCCCCC[C@H]1CC(=O)/C(=C(\O)CCC)C(=O)O1. The number of aliphatic hydroxyl groups is 1. The van der Waals surface area contributed by atoms with Gasteiger partial charge in [0, 0.05) is 12.8 Å². The van der Waals surface area contributed by atoms with E-state index in [0.29, 0.717) is 12.8 Å². The fourth-order valence-electron chi connectivity index (χ4n) is 2.98. The van der Waals surface area contributed by atoms with Gasteiger partial charge in [0.1, 0.15) is 17.4 Å². The molecule has 0 aromatic rings. The van der Waals surface area contributed by atoms with E-state index in [2.05, 4.69) is 6.92 Å². The quantitative estimate of drug-likeness (QED) is 0.191. The molecule has 1 N–H and O–H groups in total. The van der Waals surface area contributed by atoms with Crippen molar-refractivity contribution in [2.24, 2.45) is 0 Å². The lowest BCUT2D eigenvalue weighted by atomic mass is 9.96. The molecule has 0 aromatic heterocycles. The van der Waals surface area contributed by atoms with Crippen LogP contribution in [0.2, 0.25) is 0 Å². The van der Waals surface area contributed by atoms with Crippen LogP contribution in [-0.4, -0.2) is 23.0 Å². The molecule has 23 heavy (non-hydrogen) atoms. The summed E-state index contributed by atoms with van der Waals surface area (Å²) in [7, 11) is 0. The molecule has 1 fully saturated rings. The number of Topliss-reactive ketones (excluding diaryl/α,β-unsaturated/α-hetero) is 1. The van der Waals surface area contributed by atoms with Crippen molar-refractivity contribution in [3.8, 4) is 0 Å². The highest BCUT2D eigenvalue weighted by atomic mass is 16.5. The molecule has 4 heteroatoms. The van der Waals surface area contributed by atoms with Gasteiger partial charge in [0.15, 0.2) is 5.78 Å². The van der Waals surface area contributed by atoms with Crippen LogP contribution in [0.1, 0.15) is 90.9 Å². The lowest BCUT2D eigenvalue weighted by Crippen LogP contribution is -2.33. The number of cyclic esters (lactones) is 1. The van der Waals surface area contributed by atoms with Crippen LogP contribution in [0.4, 0.5) is 0 Å². The van der Waals surface area contributed by atoms with Gasteiger partial charge in [0.2, 0.25) is 0 Å². The number of unbranched alkanes of at least 4 members (excludes halogenated alkanes) is 7. The number of hydrogen-bond donors (Lipinski definition) is 1. The molecular formula is C19H32O4. The number of ether oxygens (including phenoxy) is 1. The molecule has 0 unspecified atom stereocenters. The lowest BCUT2D eigenvalue weighted by Gasteiger charge is -2.23. The fourth-order valence-corrected chi connectivity index (χ4v) is 2.98. The fraction of sp³-hybridized carbons (Fsp3) is 0.789. The Morgan fingerprint density at radius 1 is 1.00 bits per heavy atom. The Kier molecular flexibility index (Phi) is 9.65. The van der Waals surface area contributed by atoms with Crippen molar-refractivity contribution in [2.75, 3.05) is 0 Å². The van der Waals surface area contributed by atoms with E-state index in [9.17, 15) is 14.7 Å². The van der Waals surface area contributed by atoms with Gasteiger partial charge < -0.3 is 9.84 Å². The van der Waals surface area contributed by atoms with Crippen LogP contribution in [0.3, 0.4) is 0 Å². The summed E-state index contributed by atoms with van der Waals surface area (Å²) >= 11 is 0. The minimum absolute atomic E-state index is 0.118. The summed E-state index contributed by atoms with van der Waals surface area (Å²) in [5.74, 6) is -1.03. The smallest absolute Gasteiger partial charge is 0.345 e. The van der Waals surface area contributed by atoms with E-state index < -0.39 is 5.97 Å². The van der Waals surface area contributed by atoms with Gasteiger partial charge >= 0.3 is 5.97 Å². The third kappa shape index (κ3) is 7.19. The van der Waals surface area contributed by atoms with Gasteiger partial charge in [-0.2, -0.15) is 0 Å². The van der Waals surface area contributed by atoms with E-state index in [0.717, 1.165) is 19.3 Å². The minimum atomic E-state index is -0.642. The Labute approximate surface area is 140 Å². The topological polar surface area (TPSA) is 63.6 Å².